The lowest BCUT2D eigenvalue weighted by Crippen LogP contribution is -2.46. The van der Waals surface area contributed by atoms with Gasteiger partial charge >= 0.3 is 12.0 Å². The second-order valence-electron chi connectivity index (χ2n) is 6.37. The van der Waals surface area contributed by atoms with Gasteiger partial charge in [0.2, 0.25) is 0 Å². The number of allylic oxidation sites excluding steroid dienone is 1. The minimum atomic E-state index is -0.477. The average Bonchev–Trinajstić information content (AvgIpc) is 2.59. The molecule has 2 rings (SSSR count). The van der Waals surface area contributed by atoms with Crippen molar-refractivity contribution >= 4 is 12.0 Å². The molecule has 1 aliphatic heterocycles. The van der Waals surface area contributed by atoms with Crippen molar-refractivity contribution in [2.24, 2.45) is 0 Å². The summed E-state index contributed by atoms with van der Waals surface area (Å²) in [6.07, 6.45) is 4.98. The molecule has 0 spiro atoms. The quantitative estimate of drug-likeness (QED) is 0.550. The number of urea groups is 1. The van der Waals surface area contributed by atoms with Gasteiger partial charge in [-0.2, -0.15) is 0 Å². The summed E-state index contributed by atoms with van der Waals surface area (Å²) in [5.41, 5.74) is 3.21. The van der Waals surface area contributed by atoms with Gasteiger partial charge in [-0.25, -0.2) is 9.59 Å². The maximum Gasteiger partial charge on any atom is 0.338 e. The van der Waals surface area contributed by atoms with Crippen LogP contribution in [0.5, 0.6) is 0 Å². The van der Waals surface area contributed by atoms with Crippen molar-refractivity contribution in [3.05, 3.63) is 46.7 Å². The number of benzene rings is 1. The first-order valence-electron chi connectivity index (χ1n) is 9.11. The molecule has 0 saturated carbocycles. The predicted octanol–water partition coefficient (Wildman–Crippen LogP) is 4.14. The van der Waals surface area contributed by atoms with Crippen LogP contribution in [0.3, 0.4) is 0 Å². The molecule has 0 saturated heterocycles. The Hall–Kier alpha value is -2.30. The van der Waals surface area contributed by atoms with Crippen LogP contribution in [0.25, 0.3) is 0 Å². The van der Waals surface area contributed by atoms with Gasteiger partial charge in [0.05, 0.1) is 18.2 Å². The number of carbonyl (C=O) groups excluding carboxylic acids is 2. The van der Waals surface area contributed by atoms with E-state index in [0.717, 1.165) is 36.8 Å². The second kappa shape index (κ2) is 9.25. The van der Waals surface area contributed by atoms with Crippen molar-refractivity contribution in [3.63, 3.8) is 0 Å². The Morgan fingerprint density at radius 1 is 1.12 bits per heavy atom. The molecular formula is C20H28N2O3. The first-order chi connectivity index (χ1) is 12.1. The third kappa shape index (κ3) is 5.08. The number of amides is 2. The number of ether oxygens (including phenoxy) is 1. The highest BCUT2D eigenvalue weighted by molar-refractivity contribution is 5.95. The molecule has 1 heterocycles. The summed E-state index contributed by atoms with van der Waals surface area (Å²) in [7, 11) is 0. The fourth-order valence-electron chi connectivity index (χ4n) is 3.00. The van der Waals surface area contributed by atoms with Crippen molar-refractivity contribution in [1.82, 2.24) is 10.6 Å². The van der Waals surface area contributed by atoms with Crippen LogP contribution in [0, 0.1) is 6.92 Å². The lowest BCUT2D eigenvalue weighted by Gasteiger charge is -2.29. The van der Waals surface area contributed by atoms with Gasteiger partial charge < -0.3 is 15.4 Å². The number of aryl methyl sites for hydroxylation is 1. The van der Waals surface area contributed by atoms with Gasteiger partial charge in [0, 0.05) is 5.70 Å². The molecule has 2 amide bonds. The Morgan fingerprint density at radius 2 is 1.84 bits per heavy atom. The summed E-state index contributed by atoms with van der Waals surface area (Å²) in [5.74, 6) is -0.369. The summed E-state index contributed by atoms with van der Waals surface area (Å²) in [5, 5.41) is 5.69. The molecule has 0 bridgehead atoms. The van der Waals surface area contributed by atoms with E-state index in [2.05, 4.69) is 17.6 Å². The lowest BCUT2D eigenvalue weighted by atomic mass is 9.93. The van der Waals surface area contributed by atoms with Crippen LogP contribution >= 0.6 is 0 Å². The Balaban J connectivity index is 2.34. The zero-order valence-electron chi connectivity index (χ0n) is 15.4. The number of hydrogen-bond acceptors (Lipinski definition) is 3. The average molecular weight is 344 g/mol. The van der Waals surface area contributed by atoms with Crippen LogP contribution in [0.15, 0.2) is 35.5 Å². The van der Waals surface area contributed by atoms with E-state index in [1.54, 1.807) is 6.92 Å². The smallest absolute Gasteiger partial charge is 0.338 e. The number of carbonyl (C=O) groups is 2. The molecule has 1 aromatic carbocycles. The minimum absolute atomic E-state index is 0.274. The van der Waals surface area contributed by atoms with E-state index in [1.807, 2.05) is 31.2 Å². The molecule has 25 heavy (non-hydrogen) atoms. The number of esters is 1. The number of unbranched alkanes of at least 4 members (excludes halogenated alkanes) is 3. The molecule has 136 valence electrons. The first kappa shape index (κ1) is 19.0. The third-order valence-corrected chi connectivity index (χ3v) is 4.34. The van der Waals surface area contributed by atoms with E-state index in [1.165, 1.54) is 0 Å². The highest BCUT2D eigenvalue weighted by atomic mass is 16.5. The van der Waals surface area contributed by atoms with Crippen molar-refractivity contribution in [2.75, 3.05) is 6.61 Å². The third-order valence-electron chi connectivity index (χ3n) is 4.34. The van der Waals surface area contributed by atoms with Gasteiger partial charge in [0.25, 0.3) is 0 Å². The molecule has 5 nitrogen and oxygen atoms in total. The zero-order valence-corrected chi connectivity index (χ0v) is 15.4. The fourth-order valence-corrected chi connectivity index (χ4v) is 3.00. The summed E-state index contributed by atoms with van der Waals surface area (Å²) in [4.78, 5) is 24.7. The Labute approximate surface area is 149 Å². The molecule has 0 aromatic heterocycles. The predicted molar refractivity (Wildman–Crippen MR) is 98.0 cm³/mol. The summed E-state index contributed by atoms with van der Waals surface area (Å²) < 4.78 is 5.26. The van der Waals surface area contributed by atoms with Gasteiger partial charge in [-0.1, -0.05) is 56.0 Å². The zero-order chi connectivity index (χ0) is 18.2. The van der Waals surface area contributed by atoms with Crippen molar-refractivity contribution < 1.29 is 14.3 Å². The molecule has 5 heteroatoms. The molecule has 1 atom stereocenters. The van der Waals surface area contributed by atoms with Gasteiger partial charge in [0.15, 0.2) is 0 Å². The number of nitrogens with one attached hydrogen (secondary N) is 2. The Bertz CT molecular complexity index is 635. The first-order valence-corrected chi connectivity index (χ1v) is 9.11. The minimum Gasteiger partial charge on any atom is -0.463 e. The molecule has 0 fully saturated rings. The molecular weight excluding hydrogens is 316 g/mol. The normalized spacial score (nSPS) is 17.1. The summed E-state index contributed by atoms with van der Waals surface area (Å²) in [6.45, 7) is 6.25. The molecule has 1 aromatic rings. The fraction of sp³-hybridized carbons (Fsp3) is 0.500. The largest absolute Gasteiger partial charge is 0.463 e. The van der Waals surface area contributed by atoms with Crippen LogP contribution in [0.1, 0.15) is 63.1 Å². The van der Waals surface area contributed by atoms with Gasteiger partial charge in [0.1, 0.15) is 0 Å². The van der Waals surface area contributed by atoms with Crippen molar-refractivity contribution in [3.8, 4) is 0 Å². The highest BCUT2D eigenvalue weighted by Gasteiger charge is 2.33. The van der Waals surface area contributed by atoms with Crippen LogP contribution in [-0.2, 0) is 9.53 Å². The van der Waals surface area contributed by atoms with Crippen LogP contribution in [-0.4, -0.2) is 18.6 Å². The number of hydrogen-bond donors (Lipinski definition) is 2. The topological polar surface area (TPSA) is 67.4 Å². The van der Waals surface area contributed by atoms with Gasteiger partial charge in [-0.05, 0) is 32.3 Å². The maximum absolute atomic E-state index is 12.6. The molecule has 0 aliphatic carbocycles. The van der Waals surface area contributed by atoms with E-state index in [9.17, 15) is 9.59 Å². The van der Waals surface area contributed by atoms with E-state index < -0.39 is 6.04 Å². The monoisotopic (exact) mass is 344 g/mol. The molecule has 1 aliphatic rings. The summed E-state index contributed by atoms with van der Waals surface area (Å²) in [6, 6.07) is 7.10. The Kier molecular flexibility index (Phi) is 7.04. The SMILES string of the molecule is CCCCCCC1=C(C(=O)OCC)C(c2ccc(C)cc2)NC(=O)N1. The molecule has 1 unspecified atom stereocenters. The van der Waals surface area contributed by atoms with E-state index in [-0.39, 0.29) is 12.0 Å². The van der Waals surface area contributed by atoms with Gasteiger partial charge in [-0.3, -0.25) is 0 Å². The molecule has 2 N–H and O–H groups in total. The van der Waals surface area contributed by atoms with Gasteiger partial charge in [-0.15, -0.1) is 0 Å². The number of rotatable bonds is 8. The van der Waals surface area contributed by atoms with E-state index >= 15 is 0 Å². The second-order valence-corrected chi connectivity index (χ2v) is 6.37. The lowest BCUT2D eigenvalue weighted by molar-refractivity contribution is -0.139. The molecule has 0 radical (unpaired) electrons. The highest BCUT2D eigenvalue weighted by Crippen LogP contribution is 2.30. The van der Waals surface area contributed by atoms with Crippen LogP contribution < -0.4 is 10.6 Å². The van der Waals surface area contributed by atoms with Crippen molar-refractivity contribution in [2.45, 2.75) is 58.9 Å². The van der Waals surface area contributed by atoms with E-state index in [0.29, 0.717) is 24.3 Å². The van der Waals surface area contributed by atoms with Crippen LogP contribution in [0.2, 0.25) is 0 Å². The van der Waals surface area contributed by atoms with Crippen molar-refractivity contribution in [1.29, 1.82) is 0 Å². The maximum atomic E-state index is 12.6. The summed E-state index contributed by atoms with van der Waals surface area (Å²) >= 11 is 0. The van der Waals surface area contributed by atoms with Crippen LogP contribution in [0.4, 0.5) is 4.79 Å². The standard InChI is InChI=1S/C20H28N2O3/c1-4-6-7-8-9-16-17(19(23)25-5-2)18(22-20(24)21-16)15-12-10-14(3)11-13-15/h10-13,18H,4-9H2,1-3H3,(H2,21,22,24). The van der Waals surface area contributed by atoms with E-state index in [4.69, 9.17) is 4.74 Å². The Morgan fingerprint density at radius 3 is 2.48 bits per heavy atom.